The molecule has 0 saturated heterocycles. The zero-order valence-electron chi connectivity index (χ0n) is 13.2. The highest BCUT2D eigenvalue weighted by atomic mass is 16.5. The van der Waals surface area contributed by atoms with Gasteiger partial charge >= 0.3 is 0 Å². The highest BCUT2D eigenvalue weighted by Gasteiger charge is 2.33. The van der Waals surface area contributed by atoms with Gasteiger partial charge in [-0.2, -0.15) is 0 Å². The number of methoxy groups -OCH3 is 1. The molecule has 1 aromatic rings. The lowest BCUT2D eigenvalue weighted by Gasteiger charge is -2.35. The standard InChI is InChI=1S/C17H25NO4/c1-12-5-3-7-14(9-12)22-15-8-4-6-13(17(15)20)10-18-16(19)11-21-2/h3,5,7,9,13,15,17,20H,4,6,8,10-11H2,1-2H3,(H,18,19)/t13-,15-,17-/m1/s1. The van der Waals surface area contributed by atoms with Crippen molar-refractivity contribution in [2.45, 2.75) is 38.4 Å². The lowest BCUT2D eigenvalue weighted by atomic mass is 9.84. The summed E-state index contributed by atoms with van der Waals surface area (Å²) in [6, 6.07) is 7.83. The molecule has 5 nitrogen and oxygen atoms in total. The van der Waals surface area contributed by atoms with Crippen LogP contribution in [-0.2, 0) is 9.53 Å². The molecule has 1 fully saturated rings. The number of nitrogens with one attached hydrogen (secondary N) is 1. The molecular formula is C17H25NO4. The lowest BCUT2D eigenvalue weighted by Crippen LogP contribution is -2.46. The predicted octanol–water partition coefficient (Wildman–Crippen LogP) is 1.67. The number of hydrogen-bond acceptors (Lipinski definition) is 4. The number of hydrogen-bond donors (Lipinski definition) is 2. The Morgan fingerprint density at radius 2 is 2.23 bits per heavy atom. The van der Waals surface area contributed by atoms with Gasteiger partial charge < -0.3 is 19.9 Å². The van der Waals surface area contributed by atoms with E-state index in [0.717, 1.165) is 30.6 Å². The van der Waals surface area contributed by atoms with E-state index in [2.05, 4.69) is 5.32 Å². The van der Waals surface area contributed by atoms with Crippen LogP contribution < -0.4 is 10.1 Å². The van der Waals surface area contributed by atoms with Crippen LogP contribution in [0.2, 0.25) is 0 Å². The highest BCUT2D eigenvalue weighted by molar-refractivity contribution is 5.77. The second-order valence-electron chi connectivity index (χ2n) is 5.89. The van der Waals surface area contributed by atoms with E-state index in [-0.39, 0.29) is 24.5 Å². The van der Waals surface area contributed by atoms with Crippen molar-refractivity contribution in [3.63, 3.8) is 0 Å². The van der Waals surface area contributed by atoms with Crippen molar-refractivity contribution >= 4 is 5.91 Å². The fourth-order valence-electron chi connectivity index (χ4n) is 2.87. The number of aliphatic hydroxyl groups excluding tert-OH is 1. The van der Waals surface area contributed by atoms with Crippen molar-refractivity contribution in [3.8, 4) is 5.75 Å². The van der Waals surface area contributed by atoms with Crippen LogP contribution in [0.15, 0.2) is 24.3 Å². The monoisotopic (exact) mass is 307 g/mol. The van der Waals surface area contributed by atoms with E-state index in [1.54, 1.807) is 0 Å². The Balaban J connectivity index is 1.89. The topological polar surface area (TPSA) is 67.8 Å². The molecule has 0 heterocycles. The molecule has 1 aliphatic carbocycles. The van der Waals surface area contributed by atoms with E-state index in [9.17, 15) is 9.90 Å². The minimum Gasteiger partial charge on any atom is -0.488 e. The Hall–Kier alpha value is -1.59. The van der Waals surface area contributed by atoms with Gasteiger partial charge in [-0.1, -0.05) is 12.1 Å². The number of carbonyl (C=O) groups is 1. The van der Waals surface area contributed by atoms with E-state index in [0.29, 0.717) is 6.54 Å². The fourth-order valence-corrected chi connectivity index (χ4v) is 2.87. The van der Waals surface area contributed by atoms with E-state index in [4.69, 9.17) is 9.47 Å². The molecule has 0 bridgehead atoms. The smallest absolute Gasteiger partial charge is 0.245 e. The maximum Gasteiger partial charge on any atom is 0.245 e. The van der Waals surface area contributed by atoms with Gasteiger partial charge in [0.05, 0.1) is 6.10 Å². The number of ether oxygens (including phenoxy) is 2. The third kappa shape index (κ3) is 4.71. The summed E-state index contributed by atoms with van der Waals surface area (Å²) in [5, 5.41) is 13.3. The number of aryl methyl sites for hydroxylation is 1. The maximum atomic E-state index is 11.5. The zero-order valence-corrected chi connectivity index (χ0v) is 13.2. The molecule has 0 aromatic heterocycles. The number of rotatable bonds is 6. The summed E-state index contributed by atoms with van der Waals surface area (Å²) in [6.45, 7) is 2.52. The summed E-state index contributed by atoms with van der Waals surface area (Å²) in [6.07, 6.45) is 1.91. The Morgan fingerprint density at radius 3 is 2.95 bits per heavy atom. The quantitative estimate of drug-likeness (QED) is 0.839. The molecule has 5 heteroatoms. The predicted molar refractivity (Wildman–Crippen MR) is 83.8 cm³/mol. The second-order valence-corrected chi connectivity index (χ2v) is 5.89. The molecular weight excluding hydrogens is 282 g/mol. The summed E-state index contributed by atoms with van der Waals surface area (Å²) in [7, 11) is 1.49. The average molecular weight is 307 g/mol. The van der Waals surface area contributed by atoms with Gasteiger partial charge in [-0.15, -0.1) is 0 Å². The maximum absolute atomic E-state index is 11.5. The van der Waals surface area contributed by atoms with Crippen molar-refractivity contribution in [2.24, 2.45) is 5.92 Å². The molecule has 0 radical (unpaired) electrons. The summed E-state index contributed by atoms with van der Waals surface area (Å²) in [5.41, 5.74) is 1.13. The van der Waals surface area contributed by atoms with Gasteiger partial charge in [0, 0.05) is 19.6 Å². The summed E-state index contributed by atoms with van der Waals surface area (Å²) in [4.78, 5) is 11.5. The molecule has 0 aliphatic heterocycles. The van der Waals surface area contributed by atoms with Crippen LogP contribution in [0.1, 0.15) is 24.8 Å². The number of carbonyl (C=O) groups excluding carboxylic acids is 1. The Labute approximate surface area is 131 Å². The summed E-state index contributed by atoms with van der Waals surface area (Å²) >= 11 is 0. The third-order valence-electron chi connectivity index (χ3n) is 4.04. The molecule has 0 unspecified atom stereocenters. The molecule has 1 aromatic carbocycles. The van der Waals surface area contributed by atoms with E-state index < -0.39 is 6.10 Å². The van der Waals surface area contributed by atoms with Crippen molar-refractivity contribution < 1.29 is 19.4 Å². The van der Waals surface area contributed by atoms with Gasteiger partial charge in [-0.3, -0.25) is 4.79 Å². The van der Waals surface area contributed by atoms with Crippen LogP contribution in [-0.4, -0.2) is 43.5 Å². The highest BCUT2D eigenvalue weighted by Crippen LogP contribution is 2.28. The molecule has 1 amide bonds. The SMILES string of the molecule is COCC(=O)NC[C@H]1CCC[C@@H](Oc2cccc(C)c2)[C@@H]1O. The van der Waals surface area contributed by atoms with Gasteiger partial charge in [-0.25, -0.2) is 0 Å². The fraction of sp³-hybridized carbons (Fsp3) is 0.588. The lowest BCUT2D eigenvalue weighted by molar-refractivity contribution is -0.125. The first-order valence-corrected chi connectivity index (χ1v) is 7.77. The van der Waals surface area contributed by atoms with E-state index in [1.807, 2.05) is 31.2 Å². The molecule has 1 aliphatic rings. The van der Waals surface area contributed by atoms with Crippen molar-refractivity contribution in [1.82, 2.24) is 5.32 Å². The molecule has 0 spiro atoms. The van der Waals surface area contributed by atoms with Crippen molar-refractivity contribution in [3.05, 3.63) is 29.8 Å². The Kier molecular flexibility index (Phi) is 6.21. The summed E-state index contributed by atoms with van der Waals surface area (Å²) in [5.74, 6) is 0.647. The average Bonchev–Trinajstić information content (AvgIpc) is 2.48. The van der Waals surface area contributed by atoms with Crippen LogP contribution in [0.5, 0.6) is 5.75 Å². The second kappa shape index (κ2) is 8.15. The van der Waals surface area contributed by atoms with Crippen LogP contribution in [0.3, 0.4) is 0 Å². The minimum absolute atomic E-state index is 0.0179. The molecule has 2 N–H and O–H groups in total. The Bertz CT molecular complexity index is 491. The first-order valence-electron chi connectivity index (χ1n) is 7.77. The first-order chi connectivity index (χ1) is 10.6. The van der Waals surface area contributed by atoms with Crippen LogP contribution in [0, 0.1) is 12.8 Å². The number of benzene rings is 1. The molecule has 122 valence electrons. The number of aliphatic hydroxyl groups is 1. The summed E-state index contributed by atoms with van der Waals surface area (Å²) < 4.78 is 10.7. The van der Waals surface area contributed by atoms with Gasteiger partial charge in [0.25, 0.3) is 0 Å². The first kappa shape index (κ1) is 16.8. The van der Waals surface area contributed by atoms with Gasteiger partial charge in [-0.05, 0) is 43.9 Å². The van der Waals surface area contributed by atoms with Crippen LogP contribution >= 0.6 is 0 Å². The molecule has 1 saturated carbocycles. The van der Waals surface area contributed by atoms with Gasteiger partial charge in [0.1, 0.15) is 18.5 Å². The van der Waals surface area contributed by atoms with Crippen molar-refractivity contribution in [1.29, 1.82) is 0 Å². The van der Waals surface area contributed by atoms with Gasteiger partial charge in [0.15, 0.2) is 0 Å². The van der Waals surface area contributed by atoms with Crippen LogP contribution in [0.25, 0.3) is 0 Å². The van der Waals surface area contributed by atoms with Crippen LogP contribution in [0.4, 0.5) is 0 Å². The third-order valence-corrected chi connectivity index (χ3v) is 4.04. The zero-order chi connectivity index (χ0) is 15.9. The van der Waals surface area contributed by atoms with E-state index in [1.165, 1.54) is 7.11 Å². The van der Waals surface area contributed by atoms with Crippen molar-refractivity contribution in [2.75, 3.05) is 20.3 Å². The number of amides is 1. The normalized spacial score (nSPS) is 24.8. The molecule has 3 atom stereocenters. The Morgan fingerprint density at radius 1 is 1.41 bits per heavy atom. The molecule has 2 rings (SSSR count). The van der Waals surface area contributed by atoms with Gasteiger partial charge in [0.2, 0.25) is 5.91 Å². The molecule has 22 heavy (non-hydrogen) atoms. The largest absolute Gasteiger partial charge is 0.488 e. The minimum atomic E-state index is -0.572. The van der Waals surface area contributed by atoms with E-state index >= 15 is 0 Å².